The number of ether oxygens (including phenoxy) is 4. The van der Waals surface area contributed by atoms with Crippen molar-refractivity contribution < 1.29 is 28.5 Å². The first-order valence-corrected chi connectivity index (χ1v) is 10.5. The summed E-state index contributed by atoms with van der Waals surface area (Å²) >= 11 is 0. The summed E-state index contributed by atoms with van der Waals surface area (Å²) in [6.07, 6.45) is 3.47. The van der Waals surface area contributed by atoms with Crippen LogP contribution in [0.15, 0.2) is 60.9 Å². The van der Waals surface area contributed by atoms with Crippen molar-refractivity contribution in [3.8, 4) is 23.0 Å². The minimum atomic E-state index is -0.440. The second kappa shape index (κ2) is 12.1. The Bertz CT molecular complexity index is 1080. The fourth-order valence-electron chi connectivity index (χ4n) is 3.09. The van der Waals surface area contributed by atoms with Crippen LogP contribution in [0, 0.1) is 0 Å². The van der Waals surface area contributed by atoms with Crippen LogP contribution in [0.2, 0.25) is 0 Å². The van der Waals surface area contributed by atoms with E-state index in [4.69, 9.17) is 18.9 Å². The minimum absolute atomic E-state index is 0.179. The Morgan fingerprint density at radius 2 is 1.59 bits per heavy atom. The number of carbonyl (C=O) groups is 2. The molecule has 0 aliphatic carbocycles. The average Bonchev–Trinajstić information content (AvgIpc) is 2.89. The number of hydrogen-bond acceptors (Lipinski definition) is 7. The van der Waals surface area contributed by atoms with Crippen LogP contribution in [0.1, 0.15) is 21.5 Å². The Kier molecular flexibility index (Phi) is 8.67. The average molecular weight is 466 g/mol. The molecule has 0 fully saturated rings. The van der Waals surface area contributed by atoms with Gasteiger partial charge < -0.3 is 29.6 Å². The molecule has 0 bridgehead atoms. The van der Waals surface area contributed by atoms with E-state index in [1.165, 1.54) is 33.5 Å². The molecule has 0 spiro atoms. The number of nitrogens with one attached hydrogen (secondary N) is 2. The first-order valence-electron chi connectivity index (χ1n) is 10.5. The lowest BCUT2D eigenvalue weighted by Gasteiger charge is -2.14. The molecule has 9 nitrogen and oxygen atoms in total. The topological polar surface area (TPSA) is 108 Å². The largest absolute Gasteiger partial charge is 0.493 e. The van der Waals surface area contributed by atoms with Gasteiger partial charge in [-0.05, 0) is 35.9 Å². The van der Waals surface area contributed by atoms with Gasteiger partial charge in [0.25, 0.3) is 5.91 Å². The molecular weight excluding hydrogens is 438 g/mol. The predicted molar refractivity (Wildman–Crippen MR) is 125 cm³/mol. The molecular formula is C25H27N3O6. The quantitative estimate of drug-likeness (QED) is 0.448. The third kappa shape index (κ3) is 6.61. The molecule has 0 radical (unpaired) electrons. The lowest BCUT2D eigenvalue weighted by molar-refractivity contribution is -0.120. The highest BCUT2D eigenvalue weighted by atomic mass is 16.5. The molecule has 1 aromatic heterocycles. The van der Waals surface area contributed by atoms with Gasteiger partial charge in [-0.2, -0.15) is 0 Å². The molecule has 0 aliphatic heterocycles. The summed E-state index contributed by atoms with van der Waals surface area (Å²) in [5, 5.41) is 5.36. The number of pyridine rings is 1. The maximum Gasteiger partial charge on any atom is 0.251 e. The highest BCUT2D eigenvalue weighted by molar-refractivity contribution is 5.97. The Balaban J connectivity index is 1.46. The number of methoxy groups -OCH3 is 3. The van der Waals surface area contributed by atoms with Crippen molar-refractivity contribution in [2.75, 3.05) is 27.9 Å². The van der Waals surface area contributed by atoms with E-state index in [9.17, 15) is 9.59 Å². The highest BCUT2D eigenvalue weighted by Crippen LogP contribution is 2.38. The second-order valence-corrected chi connectivity index (χ2v) is 7.17. The van der Waals surface area contributed by atoms with Gasteiger partial charge in [0.1, 0.15) is 12.4 Å². The number of rotatable bonds is 11. The van der Waals surface area contributed by atoms with E-state index in [0.717, 1.165) is 16.9 Å². The maximum atomic E-state index is 12.5. The maximum absolute atomic E-state index is 12.5. The molecule has 0 saturated carbocycles. The van der Waals surface area contributed by atoms with Crippen molar-refractivity contribution in [1.82, 2.24) is 15.6 Å². The molecule has 1 heterocycles. The second-order valence-electron chi connectivity index (χ2n) is 7.17. The van der Waals surface area contributed by atoms with Gasteiger partial charge in [0, 0.05) is 30.1 Å². The molecule has 0 saturated heterocycles. The molecule has 3 aromatic rings. The molecule has 9 heteroatoms. The van der Waals surface area contributed by atoms with Gasteiger partial charge in [-0.3, -0.25) is 14.6 Å². The van der Waals surface area contributed by atoms with Crippen LogP contribution in [0.25, 0.3) is 0 Å². The van der Waals surface area contributed by atoms with E-state index in [1.54, 1.807) is 12.4 Å². The van der Waals surface area contributed by atoms with Gasteiger partial charge in [-0.25, -0.2) is 0 Å². The van der Waals surface area contributed by atoms with Crippen molar-refractivity contribution in [1.29, 1.82) is 0 Å². The molecule has 2 N–H and O–H groups in total. The smallest absolute Gasteiger partial charge is 0.251 e. The SMILES string of the molecule is COc1cc(C(=O)NCC(=O)NCc2ccc(OCc3cccnc3)cc2)cc(OC)c1OC. The summed E-state index contributed by atoms with van der Waals surface area (Å²) in [6, 6.07) is 14.3. The van der Waals surface area contributed by atoms with Crippen LogP contribution in [0.4, 0.5) is 0 Å². The van der Waals surface area contributed by atoms with E-state index in [-0.39, 0.29) is 18.0 Å². The molecule has 178 valence electrons. The van der Waals surface area contributed by atoms with E-state index in [0.29, 0.717) is 30.4 Å². The number of aromatic nitrogens is 1. The van der Waals surface area contributed by atoms with E-state index in [1.807, 2.05) is 36.4 Å². The zero-order valence-corrected chi connectivity index (χ0v) is 19.3. The van der Waals surface area contributed by atoms with Crippen molar-refractivity contribution >= 4 is 11.8 Å². The van der Waals surface area contributed by atoms with Gasteiger partial charge in [0.2, 0.25) is 11.7 Å². The zero-order chi connectivity index (χ0) is 24.3. The van der Waals surface area contributed by atoms with Gasteiger partial charge >= 0.3 is 0 Å². The van der Waals surface area contributed by atoms with Crippen LogP contribution < -0.4 is 29.6 Å². The summed E-state index contributed by atoms with van der Waals surface area (Å²) in [5.41, 5.74) is 2.16. The Morgan fingerprint density at radius 3 is 2.18 bits per heavy atom. The van der Waals surface area contributed by atoms with Gasteiger partial charge in [-0.1, -0.05) is 18.2 Å². The Labute approximate surface area is 198 Å². The third-order valence-corrected chi connectivity index (χ3v) is 4.88. The lowest BCUT2D eigenvalue weighted by atomic mass is 10.1. The number of benzene rings is 2. The van der Waals surface area contributed by atoms with Gasteiger partial charge in [-0.15, -0.1) is 0 Å². The summed E-state index contributed by atoms with van der Waals surface area (Å²) < 4.78 is 21.5. The third-order valence-electron chi connectivity index (χ3n) is 4.88. The number of hydrogen-bond donors (Lipinski definition) is 2. The fraction of sp³-hybridized carbons (Fsp3) is 0.240. The van der Waals surface area contributed by atoms with Crippen LogP contribution >= 0.6 is 0 Å². The first kappa shape index (κ1) is 24.4. The van der Waals surface area contributed by atoms with Crippen LogP contribution in [-0.4, -0.2) is 44.7 Å². The van der Waals surface area contributed by atoms with Crippen LogP contribution in [0.5, 0.6) is 23.0 Å². The molecule has 3 rings (SSSR count). The Hall–Kier alpha value is -4.27. The number of carbonyl (C=O) groups excluding carboxylic acids is 2. The molecule has 34 heavy (non-hydrogen) atoms. The van der Waals surface area contributed by atoms with Crippen molar-refractivity contribution in [3.63, 3.8) is 0 Å². The lowest BCUT2D eigenvalue weighted by Crippen LogP contribution is -2.36. The Morgan fingerprint density at radius 1 is 0.882 bits per heavy atom. The molecule has 0 unspecified atom stereocenters. The van der Waals surface area contributed by atoms with E-state index >= 15 is 0 Å². The highest BCUT2D eigenvalue weighted by Gasteiger charge is 2.17. The van der Waals surface area contributed by atoms with Crippen molar-refractivity contribution in [3.05, 3.63) is 77.6 Å². The van der Waals surface area contributed by atoms with Crippen molar-refractivity contribution in [2.24, 2.45) is 0 Å². The fourth-order valence-corrected chi connectivity index (χ4v) is 3.09. The standard InChI is InChI=1S/C25H27N3O6/c1-31-21-11-19(12-22(32-2)24(21)33-3)25(30)28-15-23(29)27-14-17-6-8-20(9-7-17)34-16-18-5-4-10-26-13-18/h4-13H,14-16H2,1-3H3,(H,27,29)(H,28,30). The van der Waals surface area contributed by atoms with E-state index < -0.39 is 5.91 Å². The first-order chi connectivity index (χ1) is 16.5. The van der Waals surface area contributed by atoms with Crippen molar-refractivity contribution in [2.45, 2.75) is 13.2 Å². The molecule has 2 amide bonds. The molecule has 0 atom stereocenters. The summed E-state index contributed by atoms with van der Waals surface area (Å²) in [6.45, 7) is 0.569. The number of nitrogens with zero attached hydrogens (tertiary/aromatic N) is 1. The summed E-state index contributed by atoms with van der Waals surface area (Å²) in [5.74, 6) is 1.04. The van der Waals surface area contributed by atoms with Gasteiger partial charge in [0.05, 0.1) is 27.9 Å². The monoisotopic (exact) mass is 465 g/mol. The van der Waals surface area contributed by atoms with E-state index in [2.05, 4.69) is 15.6 Å². The number of amides is 2. The molecule has 0 aliphatic rings. The summed E-state index contributed by atoms with van der Waals surface area (Å²) in [7, 11) is 4.41. The minimum Gasteiger partial charge on any atom is -0.493 e. The van der Waals surface area contributed by atoms with Crippen LogP contribution in [-0.2, 0) is 17.9 Å². The summed E-state index contributed by atoms with van der Waals surface area (Å²) in [4.78, 5) is 28.8. The molecule has 2 aromatic carbocycles. The normalized spacial score (nSPS) is 10.2. The van der Waals surface area contributed by atoms with Gasteiger partial charge in [0.15, 0.2) is 11.5 Å². The predicted octanol–water partition coefficient (Wildman–Crippen LogP) is 2.73. The zero-order valence-electron chi connectivity index (χ0n) is 19.3. The van der Waals surface area contributed by atoms with Crippen LogP contribution in [0.3, 0.4) is 0 Å².